The van der Waals surface area contributed by atoms with Crippen LogP contribution in [0.4, 0.5) is 10.5 Å². The van der Waals surface area contributed by atoms with E-state index in [0.717, 1.165) is 0 Å². The number of carbonyl (C=O) groups is 2. The Bertz CT molecular complexity index is 678. The number of rotatable bonds is 5. The highest BCUT2D eigenvalue weighted by molar-refractivity contribution is 5.75. The molecule has 3 rings (SSSR count). The van der Waals surface area contributed by atoms with Gasteiger partial charge in [-0.3, -0.25) is 14.9 Å². The number of urea groups is 1. The number of nitrogens with one attached hydrogen (secondary N) is 1. The third kappa shape index (κ3) is 4.22. The topological polar surface area (TPSA) is 122 Å². The van der Waals surface area contributed by atoms with Crippen LogP contribution in [-0.4, -0.2) is 52.2 Å². The van der Waals surface area contributed by atoms with Gasteiger partial charge >= 0.3 is 12.0 Å². The van der Waals surface area contributed by atoms with Crippen molar-refractivity contribution in [2.24, 2.45) is 5.92 Å². The fraction of sp³-hybridized carbons (Fsp3) is 0.529. The summed E-state index contributed by atoms with van der Waals surface area (Å²) in [4.78, 5) is 34.9. The van der Waals surface area contributed by atoms with E-state index in [1.807, 2.05) is 0 Å². The van der Waals surface area contributed by atoms with Crippen LogP contribution in [0, 0.1) is 16.0 Å². The smallest absolute Gasteiger partial charge is 0.317 e. The Balaban J connectivity index is 1.38. The van der Waals surface area contributed by atoms with Gasteiger partial charge in [-0.15, -0.1) is 0 Å². The van der Waals surface area contributed by atoms with Crippen LogP contribution in [0.15, 0.2) is 24.3 Å². The van der Waals surface area contributed by atoms with Crippen molar-refractivity contribution in [1.82, 2.24) is 10.2 Å². The van der Waals surface area contributed by atoms with Crippen molar-refractivity contribution in [3.8, 4) is 5.75 Å². The first-order valence-corrected chi connectivity index (χ1v) is 8.61. The fourth-order valence-corrected chi connectivity index (χ4v) is 3.27. The van der Waals surface area contributed by atoms with Crippen LogP contribution < -0.4 is 10.1 Å². The van der Waals surface area contributed by atoms with Crippen LogP contribution in [0.1, 0.15) is 25.7 Å². The van der Waals surface area contributed by atoms with Gasteiger partial charge in [0.15, 0.2) is 0 Å². The Morgan fingerprint density at radius 1 is 1.15 bits per heavy atom. The maximum absolute atomic E-state index is 12.2. The number of likely N-dealkylation sites (tertiary alicyclic amines) is 1. The zero-order chi connectivity index (χ0) is 18.7. The molecule has 1 aromatic carbocycles. The summed E-state index contributed by atoms with van der Waals surface area (Å²) in [5.74, 6) is -0.525. The van der Waals surface area contributed by atoms with Gasteiger partial charge in [0.05, 0.1) is 23.9 Å². The van der Waals surface area contributed by atoms with Crippen molar-refractivity contribution in [3.05, 3.63) is 34.4 Å². The summed E-state index contributed by atoms with van der Waals surface area (Å²) < 4.78 is 5.69. The highest BCUT2D eigenvalue weighted by Crippen LogP contribution is 2.25. The lowest BCUT2D eigenvalue weighted by Gasteiger charge is -2.40. The Morgan fingerprint density at radius 3 is 2.31 bits per heavy atom. The van der Waals surface area contributed by atoms with E-state index in [1.165, 1.54) is 12.1 Å². The van der Waals surface area contributed by atoms with Gasteiger partial charge in [0.2, 0.25) is 0 Å². The summed E-state index contributed by atoms with van der Waals surface area (Å²) in [6.07, 6.45) is 2.40. The molecule has 1 aliphatic heterocycles. The largest absolute Gasteiger partial charge is 0.487 e. The fourth-order valence-electron chi connectivity index (χ4n) is 3.27. The van der Waals surface area contributed by atoms with Gasteiger partial charge < -0.3 is 20.1 Å². The molecule has 9 heteroatoms. The van der Waals surface area contributed by atoms with Crippen LogP contribution >= 0.6 is 0 Å². The number of amides is 2. The van der Waals surface area contributed by atoms with Gasteiger partial charge in [-0.25, -0.2) is 4.79 Å². The average molecular weight is 363 g/mol. The Morgan fingerprint density at radius 2 is 1.77 bits per heavy atom. The molecule has 26 heavy (non-hydrogen) atoms. The van der Waals surface area contributed by atoms with Crippen LogP contribution in [0.2, 0.25) is 0 Å². The lowest BCUT2D eigenvalue weighted by atomic mass is 9.86. The number of nitro groups is 1. The number of hydrogen-bond donors (Lipinski definition) is 2. The normalized spacial score (nSPS) is 23.0. The number of non-ortho nitro benzene ring substituents is 1. The van der Waals surface area contributed by atoms with E-state index in [2.05, 4.69) is 5.32 Å². The molecule has 0 radical (unpaired) electrons. The number of ether oxygens (including phenoxy) is 1. The predicted octanol–water partition coefficient (Wildman–Crippen LogP) is 2.01. The Kier molecular flexibility index (Phi) is 5.24. The lowest BCUT2D eigenvalue weighted by Crippen LogP contribution is -2.60. The van der Waals surface area contributed by atoms with Crippen molar-refractivity contribution < 1.29 is 24.4 Å². The van der Waals surface area contributed by atoms with E-state index < -0.39 is 10.9 Å². The first-order valence-electron chi connectivity index (χ1n) is 8.61. The summed E-state index contributed by atoms with van der Waals surface area (Å²) in [6.45, 7) is 0.903. The van der Waals surface area contributed by atoms with Gasteiger partial charge in [-0.2, -0.15) is 0 Å². The van der Waals surface area contributed by atoms with Crippen LogP contribution in [0.25, 0.3) is 0 Å². The van der Waals surface area contributed by atoms with Crippen molar-refractivity contribution in [2.75, 3.05) is 13.1 Å². The molecule has 2 fully saturated rings. The second kappa shape index (κ2) is 7.59. The maximum Gasteiger partial charge on any atom is 0.317 e. The molecule has 1 saturated heterocycles. The van der Waals surface area contributed by atoms with E-state index in [4.69, 9.17) is 9.84 Å². The second-order valence-corrected chi connectivity index (χ2v) is 6.73. The van der Waals surface area contributed by atoms with Gasteiger partial charge in [-0.05, 0) is 37.8 Å². The van der Waals surface area contributed by atoms with Crippen molar-refractivity contribution >= 4 is 17.7 Å². The highest BCUT2D eigenvalue weighted by atomic mass is 16.6. The molecule has 1 aromatic rings. The number of benzene rings is 1. The highest BCUT2D eigenvalue weighted by Gasteiger charge is 2.34. The average Bonchev–Trinajstić information content (AvgIpc) is 2.58. The molecule has 0 aromatic heterocycles. The molecule has 0 spiro atoms. The summed E-state index contributed by atoms with van der Waals surface area (Å²) in [5, 5.41) is 22.6. The van der Waals surface area contributed by atoms with Crippen molar-refractivity contribution in [3.63, 3.8) is 0 Å². The summed E-state index contributed by atoms with van der Waals surface area (Å²) >= 11 is 0. The molecule has 0 bridgehead atoms. The summed E-state index contributed by atoms with van der Waals surface area (Å²) in [6, 6.07) is 5.71. The number of carboxylic acid groups (broad SMARTS) is 1. The van der Waals surface area contributed by atoms with Crippen LogP contribution in [0.5, 0.6) is 5.75 Å². The Labute approximate surface area is 150 Å². The van der Waals surface area contributed by atoms with Crippen LogP contribution in [0.3, 0.4) is 0 Å². The molecule has 2 aliphatic rings. The van der Waals surface area contributed by atoms with Gasteiger partial charge in [-0.1, -0.05) is 0 Å². The molecule has 1 heterocycles. The number of carbonyl (C=O) groups excluding carboxylic acids is 1. The van der Waals surface area contributed by atoms with E-state index >= 15 is 0 Å². The first-order chi connectivity index (χ1) is 12.4. The summed E-state index contributed by atoms with van der Waals surface area (Å²) in [5.41, 5.74) is 0.00424. The molecular weight excluding hydrogens is 342 g/mol. The minimum atomic E-state index is -0.760. The number of carboxylic acids is 1. The van der Waals surface area contributed by atoms with Crippen molar-refractivity contribution in [1.29, 1.82) is 0 Å². The molecule has 2 N–H and O–H groups in total. The third-order valence-corrected chi connectivity index (χ3v) is 4.89. The SMILES string of the molecule is O=C(O)C1CCC(NC(=O)N2CC(Oc3ccc([N+](=O)[O-])cc3)C2)CC1. The first kappa shape index (κ1) is 18.0. The molecule has 2 amide bonds. The minimum absolute atomic E-state index is 0.00424. The van der Waals surface area contributed by atoms with Gasteiger partial charge in [0, 0.05) is 18.2 Å². The number of nitrogens with zero attached hydrogens (tertiary/aromatic N) is 2. The zero-order valence-corrected chi connectivity index (χ0v) is 14.2. The molecule has 0 unspecified atom stereocenters. The minimum Gasteiger partial charge on any atom is -0.487 e. The van der Waals surface area contributed by atoms with E-state index in [9.17, 15) is 19.7 Å². The monoisotopic (exact) mass is 363 g/mol. The summed E-state index contributed by atoms with van der Waals surface area (Å²) in [7, 11) is 0. The molecule has 1 saturated carbocycles. The molecule has 9 nitrogen and oxygen atoms in total. The van der Waals surface area contributed by atoms with Gasteiger partial charge in [0.1, 0.15) is 11.9 Å². The molecule has 140 valence electrons. The number of aliphatic carboxylic acids is 1. The Hall–Kier alpha value is -2.84. The number of nitro benzene ring substituents is 1. The standard InChI is InChI=1S/C17H21N3O6/c21-16(22)11-1-3-12(4-2-11)18-17(23)19-9-15(10-19)26-14-7-5-13(6-8-14)20(24)25/h5-8,11-12,15H,1-4,9-10H2,(H,18,23)(H,21,22). The predicted molar refractivity (Wildman–Crippen MR) is 91.0 cm³/mol. The zero-order valence-electron chi connectivity index (χ0n) is 14.2. The molecular formula is C17H21N3O6. The van der Waals surface area contributed by atoms with Crippen molar-refractivity contribution in [2.45, 2.75) is 37.8 Å². The maximum atomic E-state index is 12.2. The van der Waals surface area contributed by atoms with Gasteiger partial charge in [0.25, 0.3) is 5.69 Å². The molecule has 0 atom stereocenters. The quantitative estimate of drug-likeness (QED) is 0.609. The third-order valence-electron chi connectivity index (χ3n) is 4.89. The second-order valence-electron chi connectivity index (χ2n) is 6.73. The lowest BCUT2D eigenvalue weighted by molar-refractivity contribution is -0.384. The molecule has 1 aliphatic carbocycles. The van der Waals surface area contributed by atoms with E-state index in [-0.39, 0.29) is 29.8 Å². The van der Waals surface area contributed by atoms with E-state index in [1.54, 1.807) is 17.0 Å². The van der Waals surface area contributed by atoms with E-state index in [0.29, 0.717) is 44.5 Å². The number of hydrogen-bond acceptors (Lipinski definition) is 5. The van der Waals surface area contributed by atoms with Crippen LogP contribution in [-0.2, 0) is 4.79 Å².